The summed E-state index contributed by atoms with van der Waals surface area (Å²) in [5, 5.41) is 14.6. The zero-order chi connectivity index (χ0) is 19.1. The van der Waals surface area contributed by atoms with E-state index in [2.05, 4.69) is 5.32 Å². The third-order valence-electron chi connectivity index (χ3n) is 3.53. The Morgan fingerprint density at radius 3 is 2.54 bits per heavy atom. The van der Waals surface area contributed by atoms with Gasteiger partial charge < -0.3 is 15.0 Å². The summed E-state index contributed by atoms with van der Waals surface area (Å²) in [6.45, 7) is 1.34. The van der Waals surface area contributed by atoms with Gasteiger partial charge in [-0.1, -0.05) is 11.6 Å². The van der Waals surface area contributed by atoms with Crippen molar-refractivity contribution in [2.24, 2.45) is 0 Å². The summed E-state index contributed by atoms with van der Waals surface area (Å²) < 4.78 is 5.55. The van der Waals surface area contributed by atoms with Crippen molar-refractivity contribution < 1.29 is 14.5 Å². The molecule has 0 fully saturated rings. The van der Waals surface area contributed by atoms with E-state index in [0.29, 0.717) is 17.3 Å². The van der Waals surface area contributed by atoms with Crippen LogP contribution in [0.25, 0.3) is 0 Å². The Morgan fingerprint density at radius 1 is 1.23 bits per heavy atom. The zero-order valence-electron chi connectivity index (χ0n) is 14.6. The topological polar surface area (TPSA) is 84.7 Å². The Morgan fingerprint density at radius 2 is 1.92 bits per heavy atom. The van der Waals surface area contributed by atoms with Crippen LogP contribution in [0, 0.1) is 10.1 Å². The van der Waals surface area contributed by atoms with Crippen molar-refractivity contribution in [3.63, 3.8) is 0 Å². The van der Waals surface area contributed by atoms with Crippen molar-refractivity contribution in [2.45, 2.75) is 6.42 Å². The zero-order valence-corrected chi connectivity index (χ0v) is 15.3. The van der Waals surface area contributed by atoms with E-state index < -0.39 is 4.92 Å². The highest BCUT2D eigenvalue weighted by molar-refractivity contribution is 6.30. The minimum Gasteiger partial charge on any atom is -0.450 e. The first-order valence-corrected chi connectivity index (χ1v) is 8.39. The first kappa shape index (κ1) is 19.7. The van der Waals surface area contributed by atoms with Crippen LogP contribution < -0.4 is 10.1 Å². The van der Waals surface area contributed by atoms with Crippen LogP contribution >= 0.6 is 11.6 Å². The highest BCUT2D eigenvalue weighted by atomic mass is 35.5. The van der Waals surface area contributed by atoms with Gasteiger partial charge >= 0.3 is 5.69 Å². The van der Waals surface area contributed by atoms with E-state index in [1.54, 1.807) is 24.3 Å². The average Bonchev–Trinajstić information content (AvgIpc) is 2.60. The molecule has 2 rings (SSSR count). The second-order valence-electron chi connectivity index (χ2n) is 5.91. The standard InChI is InChI=1S/C18H20ClN3O4/c1-21(2)11-3-10-20-18(23)13-4-9-17(16(12-13)22(24)25)26-15-7-5-14(19)6-8-15/h4-9,12H,3,10-11H2,1-2H3,(H,20,23). The Bertz CT molecular complexity index is 779. The lowest BCUT2D eigenvalue weighted by atomic mass is 10.1. The molecule has 0 atom stereocenters. The Hall–Kier alpha value is -2.64. The molecule has 8 heteroatoms. The van der Waals surface area contributed by atoms with E-state index in [1.165, 1.54) is 18.2 Å². The summed E-state index contributed by atoms with van der Waals surface area (Å²) in [4.78, 5) is 25.0. The van der Waals surface area contributed by atoms with Crippen LogP contribution in [0.1, 0.15) is 16.8 Å². The summed E-state index contributed by atoms with van der Waals surface area (Å²) in [5.41, 5.74) is -0.0640. The minimum atomic E-state index is -0.575. The molecule has 0 unspecified atom stereocenters. The van der Waals surface area contributed by atoms with Crippen molar-refractivity contribution in [3.05, 3.63) is 63.2 Å². The summed E-state index contributed by atoms with van der Waals surface area (Å²) in [6, 6.07) is 10.6. The molecule has 7 nitrogen and oxygen atoms in total. The maximum Gasteiger partial charge on any atom is 0.312 e. The average molecular weight is 378 g/mol. The van der Waals surface area contributed by atoms with Crippen LogP contribution in [-0.2, 0) is 0 Å². The Labute approximate surface area is 156 Å². The van der Waals surface area contributed by atoms with Crippen LogP contribution in [0.3, 0.4) is 0 Å². The van der Waals surface area contributed by atoms with E-state index >= 15 is 0 Å². The quantitative estimate of drug-likeness (QED) is 0.430. The van der Waals surface area contributed by atoms with E-state index in [4.69, 9.17) is 16.3 Å². The number of halogens is 1. The molecule has 2 aromatic carbocycles. The molecule has 1 amide bonds. The first-order chi connectivity index (χ1) is 12.4. The molecule has 0 aromatic heterocycles. The molecule has 0 spiro atoms. The van der Waals surface area contributed by atoms with E-state index in [0.717, 1.165) is 13.0 Å². The van der Waals surface area contributed by atoms with E-state index in [9.17, 15) is 14.9 Å². The first-order valence-electron chi connectivity index (χ1n) is 8.01. The summed E-state index contributed by atoms with van der Waals surface area (Å²) in [5.74, 6) is 0.116. The predicted molar refractivity (Wildman–Crippen MR) is 100 cm³/mol. The predicted octanol–water partition coefficient (Wildman–Crippen LogP) is 3.72. The number of rotatable bonds is 8. The monoisotopic (exact) mass is 377 g/mol. The van der Waals surface area contributed by atoms with Crippen LogP contribution in [0.5, 0.6) is 11.5 Å². The molecular formula is C18H20ClN3O4. The molecule has 0 saturated carbocycles. The molecule has 0 radical (unpaired) electrons. The summed E-state index contributed by atoms with van der Waals surface area (Å²) >= 11 is 5.81. The van der Waals surface area contributed by atoms with Gasteiger partial charge in [0, 0.05) is 23.2 Å². The molecule has 2 aromatic rings. The van der Waals surface area contributed by atoms with Crippen molar-refractivity contribution in [2.75, 3.05) is 27.2 Å². The van der Waals surface area contributed by atoms with Crippen molar-refractivity contribution in [1.29, 1.82) is 0 Å². The van der Waals surface area contributed by atoms with Crippen molar-refractivity contribution in [1.82, 2.24) is 10.2 Å². The fourth-order valence-corrected chi connectivity index (χ4v) is 2.34. The molecule has 138 valence electrons. The molecule has 0 saturated heterocycles. The molecule has 1 N–H and O–H groups in total. The number of hydrogen-bond acceptors (Lipinski definition) is 5. The van der Waals surface area contributed by atoms with Gasteiger partial charge in [0.1, 0.15) is 5.75 Å². The second kappa shape index (κ2) is 9.17. The number of nitrogens with zero attached hydrogens (tertiary/aromatic N) is 2. The maximum atomic E-state index is 12.2. The number of carbonyl (C=O) groups is 1. The number of amides is 1. The van der Waals surface area contributed by atoms with Gasteiger partial charge in [0.25, 0.3) is 5.91 Å². The Kier molecular flexibility index (Phi) is 6.94. The number of nitrogens with one attached hydrogen (secondary N) is 1. The van der Waals surface area contributed by atoms with Crippen molar-refractivity contribution in [3.8, 4) is 11.5 Å². The number of carbonyl (C=O) groups excluding carboxylic acids is 1. The Balaban J connectivity index is 2.11. The smallest absolute Gasteiger partial charge is 0.312 e. The molecule has 0 aliphatic heterocycles. The molecule has 0 aliphatic carbocycles. The van der Waals surface area contributed by atoms with Gasteiger partial charge in [-0.05, 0) is 63.5 Å². The number of nitro benzene ring substituents is 1. The molecular weight excluding hydrogens is 358 g/mol. The van der Waals surface area contributed by atoms with Gasteiger partial charge in [0.05, 0.1) is 4.92 Å². The lowest BCUT2D eigenvalue weighted by Gasteiger charge is -2.10. The number of benzene rings is 2. The van der Waals surface area contributed by atoms with Crippen LogP contribution in [0.15, 0.2) is 42.5 Å². The van der Waals surface area contributed by atoms with E-state index in [1.807, 2.05) is 19.0 Å². The molecule has 26 heavy (non-hydrogen) atoms. The molecule has 0 bridgehead atoms. The highest BCUT2D eigenvalue weighted by Gasteiger charge is 2.19. The summed E-state index contributed by atoms with van der Waals surface area (Å²) in [6.07, 6.45) is 0.790. The van der Waals surface area contributed by atoms with Gasteiger partial charge in [0.2, 0.25) is 5.75 Å². The van der Waals surface area contributed by atoms with Crippen LogP contribution in [0.2, 0.25) is 5.02 Å². The number of ether oxygens (including phenoxy) is 1. The fraction of sp³-hybridized carbons (Fsp3) is 0.278. The normalized spacial score (nSPS) is 10.6. The second-order valence-corrected chi connectivity index (χ2v) is 6.34. The van der Waals surface area contributed by atoms with E-state index in [-0.39, 0.29) is 22.9 Å². The van der Waals surface area contributed by atoms with Crippen LogP contribution in [0.4, 0.5) is 5.69 Å². The minimum absolute atomic E-state index is 0.0569. The number of hydrogen-bond donors (Lipinski definition) is 1. The lowest BCUT2D eigenvalue weighted by Crippen LogP contribution is -2.27. The van der Waals surface area contributed by atoms with Gasteiger partial charge in [-0.15, -0.1) is 0 Å². The third kappa shape index (κ3) is 5.72. The van der Waals surface area contributed by atoms with Gasteiger partial charge in [-0.2, -0.15) is 0 Å². The molecule has 0 aliphatic rings. The third-order valence-corrected chi connectivity index (χ3v) is 3.78. The van der Waals surface area contributed by atoms with Gasteiger partial charge in [-0.3, -0.25) is 14.9 Å². The maximum absolute atomic E-state index is 12.2. The number of nitro groups is 1. The van der Waals surface area contributed by atoms with Crippen LogP contribution in [-0.4, -0.2) is 42.9 Å². The molecule has 0 heterocycles. The van der Waals surface area contributed by atoms with Crippen molar-refractivity contribution >= 4 is 23.2 Å². The fourth-order valence-electron chi connectivity index (χ4n) is 2.22. The van der Waals surface area contributed by atoms with Gasteiger partial charge in [-0.25, -0.2) is 0 Å². The highest BCUT2D eigenvalue weighted by Crippen LogP contribution is 2.32. The lowest BCUT2D eigenvalue weighted by molar-refractivity contribution is -0.385. The SMILES string of the molecule is CN(C)CCCNC(=O)c1ccc(Oc2ccc(Cl)cc2)c([N+](=O)[O-])c1. The summed E-state index contributed by atoms with van der Waals surface area (Å²) in [7, 11) is 3.90. The largest absolute Gasteiger partial charge is 0.450 e. The van der Waals surface area contributed by atoms with Gasteiger partial charge in [0.15, 0.2) is 0 Å².